The monoisotopic (exact) mass is 234 g/mol. The standard InChI is InChI=1S/C13H18N2O2/c16-12-13(4-5-14-12)3-1-6-15(10-13)8-11-2-7-17-9-11/h2,7,9H,1,3-6,8,10H2,(H,14,16). The lowest BCUT2D eigenvalue weighted by atomic mass is 9.78. The molecule has 1 atom stereocenters. The zero-order valence-corrected chi connectivity index (χ0v) is 9.95. The van der Waals surface area contributed by atoms with Crippen LogP contribution in [-0.4, -0.2) is 30.4 Å². The van der Waals surface area contributed by atoms with Crippen molar-refractivity contribution in [3.8, 4) is 0 Å². The van der Waals surface area contributed by atoms with E-state index in [1.807, 2.05) is 6.07 Å². The topological polar surface area (TPSA) is 45.5 Å². The summed E-state index contributed by atoms with van der Waals surface area (Å²) in [7, 11) is 0. The molecule has 1 aromatic heterocycles. The van der Waals surface area contributed by atoms with Gasteiger partial charge in [-0.3, -0.25) is 9.69 Å². The molecule has 4 nitrogen and oxygen atoms in total. The molecule has 2 saturated heterocycles. The maximum atomic E-state index is 11.9. The molecule has 17 heavy (non-hydrogen) atoms. The number of likely N-dealkylation sites (tertiary alicyclic amines) is 1. The molecule has 1 N–H and O–H groups in total. The van der Waals surface area contributed by atoms with Gasteiger partial charge < -0.3 is 9.73 Å². The van der Waals surface area contributed by atoms with Crippen LogP contribution in [0.1, 0.15) is 24.8 Å². The number of nitrogens with one attached hydrogen (secondary N) is 1. The second kappa shape index (κ2) is 4.18. The number of furan rings is 1. The Morgan fingerprint density at radius 1 is 1.47 bits per heavy atom. The molecule has 1 unspecified atom stereocenters. The molecule has 3 rings (SSSR count). The lowest BCUT2D eigenvalue weighted by Crippen LogP contribution is -2.46. The first-order valence-electron chi connectivity index (χ1n) is 6.30. The number of rotatable bonds is 2. The Morgan fingerprint density at radius 3 is 3.12 bits per heavy atom. The summed E-state index contributed by atoms with van der Waals surface area (Å²) in [5.41, 5.74) is 1.09. The SMILES string of the molecule is O=C1NCCC12CCCN(Cc1ccoc1)C2. The Morgan fingerprint density at radius 2 is 2.41 bits per heavy atom. The molecular weight excluding hydrogens is 216 g/mol. The predicted octanol–water partition coefficient (Wildman–Crippen LogP) is 1.38. The highest BCUT2D eigenvalue weighted by Gasteiger charge is 2.44. The normalized spacial score (nSPS) is 29.8. The van der Waals surface area contributed by atoms with Gasteiger partial charge >= 0.3 is 0 Å². The van der Waals surface area contributed by atoms with Crippen molar-refractivity contribution in [2.75, 3.05) is 19.6 Å². The van der Waals surface area contributed by atoms with Gasteiger partial charge in [0.1, 0.15) is 0 Å². The molecule has 1 spiro atoms. The van der Waals surface area contributed by atoms with Gasteiger partial charge in [-0.25, -0.2) is 0 Å². The number of carbonyl (C=O) groups excluding carboxylic acids is 1. The zero-order valence-electron chi connectivity index (χ0n) is 9.95. The van der Waals surface area contributed by atoms with Gasteiger partial charge in [0.2, 0.25) is 5.91 Å². The fraction of sp³-hybridized carbons (Fsp3) is 0.615. The maximum absolute atomic E-state index is 11.9. The molecule has 2 aliphatic rings. The molecule has 0 saturated carbocycles. The summed E-state index contributed by atoms with van der Waals surface area (Å²) in [5, 5.41) is 2.98. The van der Waals surface area contributed by atoms with Crippen molar-refractivity contribution < 1.29 is 9.21 Å². The summed E-state index contributed by atoms with van der Waals surface area (Å²) in [6.45, 7) is 3.72. The summed E-state index contributed by atoms with van der Waals surface area (Å²) >= 11 is 0. The number of hydrogen-bond donors (Lipinski definition) is 1. The van der Waals surface area contributed by atoms with Crippen molar-refractivity contribution in [1.29, 1.82) is 0 Å². The van der Waals surface area contributed by atoms with Gasteiger partial charge in [0.05, 0.1) is 17.9 Å². The smallest absolute Gasteiger partial charge is 0.227 e. The summed E-state index contributed by atoms with van der Waals surface area (Å²) in [6.07, 6.45) is 6.65. The van der Waals surface area contributed by atoms with E-state index in [-0.39, 0.29) is 11.3 Å². The van der Waals surface area contributed by atoms with Gasteiger partial charge in [-0.05, 0) is 31.9 Å². The molecule has 3 heterocycles. The molecule has 0 bridgehead atoms. The van der Waals surface area contributed by atoms with E-state index >= 15 is 0 Å². The van der Waals surface area contributed by atoms with E-state index < -0.39 is 0 Å². The molecule has 2 aliphatic heterocycles. The summed E-state index contributed by atoms with van der Waals surface area (Å²) in [4.78, 5) is 14.3. The number of nitrogens with zero attached hydrogens (tertiary/aromatic N) is 1. The predicted molar refractivity (Wildman–Crippen MR) is 63.3 cm³/mol. The molecule has 1 amide bonds. The van der Waals surface area contributed by atoms with Crippen LogP contribution in [0, 0.1) is 5.41 Å². The number of amides is 1. The lowest BCUT2D eigenvalue weighted by molar-refractivity contribution is -0.130. The van der Waals surface area contributed by atoms with Gasteiger partial charge in [-0.1, -0.05) is 0 Å². The second-order valence-electron chi connectivity index (χ2n) is 5.23. The highest BCUT2D eigenvalue weighted by molar-refractivity contribution is 5.85. The van der Waals surface area contributed by atoms with Gasteiger partial charge in [0, 0.05) is 25.2 Å². The fourth-order valence-corrected chi connectivity index (χ4v) is 3.11. The fourth-order valence-electron chi connectivity index (χ4n) is 3.11. The Labute approximate surface area is 101 Å². The van der Waals surface area contributed by atoms with E-state index in [9.17, 15) is 4.79 Å². The minimum absolute atomic E-state index is 0.109. The molecule has 4 heteroatoms. The van der Waals surface area contributed by atoms with E-state index in [2.05, 4.69) is 10.2 Å². The molecule has 0 aromatic carbocycles. The lowest BCUT2D eigenvalue weighted by Gasteiger charge is -2.38. The highest BCUT2D eigenvalue weighted by Crippen LogP contribution is 2.36. The van der Waals surface area contributed by atoms with Crippen LogP contribution in [0.15, 0.2) is 23.0 Å². The van der Waals surface area contributed by atoms with Crippen LogP contribution in [0.4, 0.5) is 0 Å². The van der Waals surface area contributed by atoms with Crippen molar-refractivity contribution in [3.63, 3.8) is 0 Å². The molecule has 1 aromatic rings. The molecule has 2 fully saturated rings. The summed E-state index contributed by atoms with van der Waals surface area (Å²) in [6, 6.07) is 2.00. The Bertz CT molecular complexity index is 402. The average molecular weight is 234 g/mol. The van der Waals surface area contributed by atoms with Gasteiger partial charge in [-0.2, -0.15) is 0 Å². The Balaban J connectivity index is 1.69. The van der Waals surface area contributed by atoms with Crippen LogP contribution in [0.2, 0.25) is 0 Å². The summed E-state index contributed by atoms with van der Waals surface area (Å²) in [5.74, 6) is 0.259. The number of piperidine rings is 1. The van der Waals surface area contributed by atoms with Crippen molar-refractivity contribution in [1.82, 2.24) is 10.2 Å². The number of hydrogen-bond acceptors (Lipinski definition) is 3. The van der Waals surface area contributed by atoms with Crippen LogP contribution < -0.4 is 5.32 Å². The molecular formula is C13H18N2O2. The zero-order chi connectivity index (χ0) is 11.7. The van der Waals surface area contributed by atoms with Gasteiger partial charge in [0.25, 0.3) is 0 Å². The van der Waals surface area contributed by atoms with Crippen molar-refractivity contribution in [2.24, 2.45) is 5.41 Å². The van der Waals surface area contributed by atoms with E-state index in [4.69, 9.17) is 4.42 Å². The summed E-state index contributed by atoms with van der Waals surface area (Å²) < 4.78 is 5.09. The van der Waals surface area contributed by atoms with Crippen molar-refractivity contribution >= 4 is 5.91 Å². The van der Waals surface area contributed by atoms with E-state index in [1.54, 1.807) is 12.5 Å². The minimum Gasteiger partial charge on any atom is -0.472 e. The van der Waals surface area contributed by atoms with E-state index in [0.29, 0.717) is 0 Å². The van der Waals surface area contributed by atoms with Crippen LogP contribution in [0.5, 0.6) is 0 Å². The highest BCUT2D eigenvalue weighted by atomic mass is 16.3. The van der Waals surface area contributed by atoms with Gasteiger partial charge in [-0.15, -0.1) is 0 Å². The Hall–Kier alpha value is -1.29. The minimum atomic E-state index is -0.109. The second-order valence-corrected chi connectivity index (χ2v) is 5.23. The number of carbonyl (C=O) groups is 1. The van der Waals surface area contributed by atoms with Crippen molar-refractivity contribution in [3.05, 3.63) is 24.2 Å². The van der Waals surface area contributed by atoms with Crippen molar-refractivity contribution in [2.45, 2.75) is 25.8 Å². The molecule has 0 radical (unpaired) electrons. The first-order chi connectivity index (χ1) is 8.28. The average Bonchev–Trinajstić information content (AvgIpc) is 2.92. The van der Waals surface area contributed by atoms with Gasteiger partial charge in [0.15, 0.2) is 0 Å². The third kappa shape index (κ3) is 1.97. The quantitative estimate of drug-likeness (QED) is 0.841. The van der Waals surface area contributed by atoms with E-state index in [1.165, 1.54) is 5.56 Å². The largest absolute Gasteiger partial charge is 0.472 e. The third-order valence-corrected chi connectivity index (χ3v) is 4.01. The first kappa shape index (κ1) is 10.8. The van der Waals surface area contributed by atoms with Crippen LogP contribution >= 0.6 is 0 Å². The maximum Gasteiger partial charge on any atom is 0.227 e. The molecule has 92 valence electrons. The van der Waals surface area contributed by atoms with Crippen LogP contribution in [-0.2, 0) is 11.3 Å². The Kier molecular flexibility index (Phi) is 2.67. The van der Waals surface area contributed by atoms with Crippen LogP contribution in [0.3, 0.4) is 0 Å². The van der Waals surface area contributed by atoms with Crippen LogP contribution in [0.25, 0.3) is 0 Å². The third-order valence-electron chi connectivity index (χ3n) is 4.01. The first-order valence-corrected chi connectivity index (χ1v) is 6.30. The van der Waals surface area contributed by atoms with E-state index in [0.717, 1.165) is 45.4 Å². The molecule has 0 aliphatic carbocycles.